The molecule has 1 aromatic heterocycles. The van der Waals surface area contributed by atoms with E-state index < -0.39 is 15.9 Å². The fourth-order valence-electron chi connectivity index (χ4n) is 3.02. The summed E-state index contributed by atoms with van der Waals surface area (Å²) in [5.41, 5.74) is 1.94. The minimum Gasteiger partial charge on any atom is -0.497 e. The Morgan fingerprint density at radius 3 is 2.31 bits per heavy atom. The summed E-state index contributed by atoms with van der Waals surface area (Å²) < 4.78 is 29.9. The summed E-state index contributed by atoms with van der Waals surface area (Å²) in [7, 11) is 0.336. The zero-order valence-electron chi connectivity index (χ0n) is 16.5. The molecule has 2 aromatic carbocycles. The summed E-state index contributed by atoms with van der Waals surface area (Å²) in [6.45, 7) is 0. The topological polar surface area (TPSA) is 90.3 Å². The fraction of sp³-hybridized carbons (Fsp3) is 0.238. The molecule has 0 radical (unpaired) electrons. The first-order valence-electron chi connectivity index (χ1n) is 8.95. The molecule has 29 heavy (non-hydrogen) atoms. The van der Waals surface area contributed by atoms with Crippen LogP contribution in [-0.4, -0.2) is 37.2 Å². The first-order chi connectivity index (χ1) is 13.8. The molecular weight excluding hydrogens is 390 g/mol. The van der Waals surface area contributed by atoms with E-state index in [0.717, 1.165) is 11.3 Å². The normalized spacial score (nSPS) is 12.4. The maximum Gasteiger partial charge on any atom is 0.252 e. The molecule has 0 fully saturated rings. The molecule has 8 heteroatoms. The molecule has 0 aliphatic carbocycles. The largest absolute Gasteiger partial charge is 0.497 e. The highest BCUT2D eigenvalue weighted by molar-refractivity contribution is 7.89. The molecule has 1 atom stereocenters. The van der Waals surface area contributed by atoms with Crippen molar-refractivity contribution >= 4 is 15.7 Å². The molecule has 0 saturated carbocycles. The third-order valence-electron chi connectivity index (χ3n) is 4.49. The lowest BCUT2D eigenvalue weighted by Gasteiger charge is -2.19. The van der Waals surface area contributed by atoms with Crippen LogP contribution in [0.3, 0.4) is 0 Å². The Bertz CT molecular complexity index is 1090. The Kier molecular flexibility index (Phi) is 6.03. The van der Waals surface area contributed by atoms with Gasteiger partial charge in [-0.15, -0.1) is 0 Å². The van der Waals surface area contributed by atoms with Gasteiger partial charge in [0.15, 0.2) is 9.84 Å². The van der Waals surface area contributed by atoms with Gasteiger partial charge in [0.2, 0.25) is 0 Å². The van der Waals surface area contributed by atoms with E-state index in [9.17, 15) is 13.2 Å². The van der Waals surface area contributed by atoms with E-state index in [1.165, 1.54) is 6.26 Å². The molecule has 1 unspecified atom stereocenters. The van der Waals surface area contributed by atoms with E-state index in [4.69, 9.17) is 4.74 Å². The van der Waals surface area contributed by atoms with Crippen molar-refractivity contribution < 1.29 is 17.9 Å². The molecule has 0 spiro atoms. The average molecular weight is 413 g/mol. The third-order valence-corrected chi connectivity index (χ3v) is 5.34. The van der Waals surface area contributed by atoms with Crippen molar-refractivity contribution in [2.75, 3.05) is 13.4 Å². The zero-order chi connectivity index (χ0) is 21.0. The quantitative estimate of drug-likeness (QED) is 0.643. The highest BCUT2D eigenvalue weighted by atomic mass is 32.2. The van der Waals surface area contributed by atoms with Gasteiger partial charge in [0, 0.05) is 31.3 Å². The molecule has 3 aromatic rings. The predicted octanol–water partition coefficient (Wildman–Crippen LogP) is 2.49. The SMILES string of the molecule is COc1ccc(C(NC(=O)c2ccc(CS(C)(=O)=O)cc2)c2nccn2C)cc1. The van der Waals surface area contributed by atoms with Crippen molar-refractivity contribution in [2.24, 2.45) is 7.05 Å². The Morgan fingerprint density at radius 1 is 1.14 bits per heavy atom. The molecule has 0 saturated heterocycles. The number of methoxy groups -OCH3 is 1. The number of nitrogens with zero attached hydrogens (tertiary/aromatic N) is 2. The summed E-state index contributed by atoms with van der Waals surface area (Å²) in [6, 6.07) is 13.5. The van der Waals surface area contributed by atoms with Gasteiger partial charge >= 0.3 is 0 Å². The summed E-state index contributed by atoms with van der Waals surface area (Å²) in [4.78, 5) is 17.2. The predicted molar refractivity (Wildman–Crippen MR) is 111 cm³/mol. The van der Waals surface area contributed by atoms with Crippen LogP contribution in [0, 0.1) is 0 Å². The smallest absolute Gasteiger partial charge is 0.252 e. The van der Waals surface area contributed by atoms with E-state index in [1.807, 2.05) is 42.1 Å². The van der Waals surface area contributed by atoms with Gasteiger partial charge in [0.1, 0.15) is 17.6 Å². The minimum atomic E-state index is -3.13. The number of ether oxygens (including phenoxy) is 1. The van der Waals surface area contributed by atoms with Gasteiger partial charge < -0.3 is 14.6 Å². The Balaban J connectivity index is 1.85. The van der Waals surface area contributed by atoms with Gasteiger partial charge in [-0.3, -0.25) is 4.79 Å². The number of carbonyl (C=O) groups excluding carboxylic acids is 1. The van der Waals surface area contributed by atoms with Gasteiger partial charge in [-0.2, -0.15) is 0 Å². The summed E-state index contributed by atoms with van der Waals surface area (Å²) in [5.74, 6) is 1.08. The number of carbonyl (C=O) groups is 1. The highest BCUT2D eigenvalue weighted by Crippen LogP contribution is 2.23. The van der Waals surface area contributed by atoms with E-state index in [-0.39, 0.29) is 11.7 Å². The van der Waals surface area contributed by atoms with Crippen LogP contribution < -0.4 is 10.1 Å². The lowest BCUT2D eigenvalue weighted by Crippen LogP contribution is -2.31. The van der Waals surface area contributed by atoms with Crippen LogP contribution in [-0.2, 0) is 22.6 Å². The van der Waals surface area contributed by atoms with Crippen molar-refractivity contribution in [3.63, 3.8) is 0 Å². The number of rotatable bonds is 7. The number of hydrogen-bond donors (Lipinski definition) is 1. The summed E-state index contributed by atoms with van der Waals surface area (Å²) in [5, 5.41) is 3.02. The maximum absolute atomic E-state index is 12.9. The van der Waals surface area contributed by atoms with Crippen LogP contribution in [0.5, 0.6) is 5.75 Å². The number of aryl methyl sites for hydroxylation is 1. The van der Waals surface area contributed by atoms with E-state index in [0.29, 0.717) is 17.0 Å². The number of sulfone groups is 1. The Hall–Kier alpha value is -3.13. The monoisotopic (exact) mass is 413 g/mol. The van der Waals surface area contributed by atoms with Gasteiger partial charge in [0.05, 0.1) is 12.9 Å². The van der Waals surface area contributed by atoms with Crippen LogP contribution in [0.25, 0.3) is 0 Å². The van der Waals surface area contributed by atoms with Crippen LogP contribution in [0.15, 0.2) is 60.9 Å². The second kappa shape index (κ2) is 8.48. The molecule has 0 aliphatic heterocycles. The fourth-order valence-corrected chi connectivity index (χ4v) is 3.82. The van der Waals surface area contributed by atoms with Crippen molar-refractivity contribution in [3.05, 3.63) is 83.4 Å². The molecule has 1 amide bonds. The van der Waals surface area contributed by atoms with Crippen molar-refractivity contribution in [1.29, 1.82) is 0 Å². The minimum absolute atomic E-state index is 0.0589. The third kappa shape index (κ3) is 5.23. The molecule has 0 aliphatic rings. The van der Waals surface area contributed by atoms with Gasteiger partial charge in [-0.25, -0.2) is 13.4 Å². The number of amides is 1. The van der Waals surface area contributed by atoms with Crippen LogP contribution >= 0.6 is 0 Å². The van der Waals surface area contributed by atoms with E-state index in [1.54, 1.807) is 37.6 Å². The van der Waals surface area contributed by atoms with Crippen molar-refractivity contribution in [3.8, 4) is 5.75 Å². The number of benzene rings is 2. The molecule has 1 heterocycles. The second-order valence-electron chi connectivity index (χ2n) is 6.84. The van der Waals surface area contributed by atoms with Crippen LogP contribution in [0.1, 0.15) is 33.4 Å². The Morgan fingerprint density at radius 2 is 1.79 bits per heavy atom. The number of imidazole rings is 1. The molecule has 0 bridgehead atoms. The maximum atomic E-state index is 12.9. The van der Waals surface area contributed by atoms with E-state index >= 15 is 0 Å². The number of aromatic nitrogens is 2. The van der Waals surface area contributed by atoms with E-state index in [2.05, 4.69) is 10.3 Å². The lowest BCUT2D eigenvalue weighted by molar-refractivity contribution is 0.0941. The van der Waals surface area contributed by atoms with Gasteiger partial charge in [0.25, 0.3) is 5.91 Å². The highest BCUT2D eigenvalue weighted by Gasteiger charge is 2.21. The average Bonchev–Trinajstić information content (AvgIpc) is 3.11. The standard InChI is InChI=1S/C21H23N3O4S/c1-24-13-12-22-20(24)19(16-8-10-18(28-2)11-9-16)23-21(25)17-6-4-15(5-7-17)14-29(3,26)27/h4-13,19H,14H2,1-3H3,(H,23,25). The molecule has 1 N–H and O–H groups in total. The molecular formula is C21H23N3O4S. The van der Waals surface area contributed by atoms with Crippen molar-refractivity contribution in [2.45, 2.75) is 11.8 Å². The van der Waals surface area contributed by atoms with Gasteiger partial charge in [-0.05, 0) is 35.4 Å². The Labute approximate surface area is 170 Å². The van der Waals surface area contributed by atoms with Crippen LogP contribution in [0.4, 0.5) is 0 Å². The summed E-state index contributed by atoms with van der Waals surface area (Å²) in [6.07, 6.45) is 4.68. The van der Waals surface area contributed by atoms with Crippen molar-refractivity contribution in [1.82, 2.24) is 14.9 Å². The first kappa shape index (κ1) is 20.6. The first-order valence-corrected chi connectivity index (χ1v) is 11.0. The van der Waals surface area contributed by atoms with Gasteiger partial charge in [-0.1, -0.05) is 24.3 Å². The summed E-state index contributed by atoms with van der Waals surface area (Å²) >= 11 is 0. The molecule has 3 rings (SSSR count). The zero-order valence-corrected chi connectivity index (χ0v) is 17.3. The second-order valence-corrected chi connectivity index (χ2v) is 8.98. The number of nitrogens with one attached hydrogen (secondary N) is 1. The lowest BCUT2D eigenvalue weighted by atomic mass is 10.0. The number of hydrogen-bond acceptors (Lipinski definition) is 5. The molecule has 7 nitrogen and oxygen atoms in total. The van der Waals surface area contributed by atoms with Crippen LogP contribution in [0.2, 0.25) is 0 Å². The molecule has 152 valence electrons.